The van der Waals surface area contributed by atoms with Crippen molar-refractivity contribution in [2.75, 3.05) is 26.2 Å². The zero-order valence-corrected chi connectivity index (χ0v) is 8.41. The number of hydrogen-bond acceptors (Lipinski definition) is 3. The van der Waals surface area contributed by atoms with Gasteiger partial charge in [0.15, 0.2) is 0 Å². The fourth-order valence-electron chi connectivity index (χ4n) is 2.56. The van der Waals surface area contributed by atoms with Crippen LogP contribution in [0.15, 0.2) is 0 Å². The van der Waals surface area contributed by atoms with Crippen molar-refractivity contribution in [3.05, 3.63) is 0 Å². The molecule has 1 atom stereocenters. The summed E-state index contributed by atoms with van der Waals surface area (Å²) >= 11 is 0. The molecule has 2 N–H and O–H groups in total. The maximum absolute atomic E-state index is 10.4. The molecule has 0 saturated carbocycles. The van der Waals surface area contributed by atoms with Gasteiger partial charge in [0, 0.05) is 19.1 Å². The minimum absolute atomic E-state index is 0.239. The molecule has 3 saturated heterocycles. The van der Waals surface area contributed by atoms with Gasteiger partial charge in [0.25, 0.3) is 0 Å². The van der Waals surface area contributed by atoms with Crippen LogP contribution >= 0.6 is 0 Å². The fraction of sp³-hybridized carbons (Fsp3) is 0.900. The second kappa shape index (κ2) is 4.28. The second-order valence-electron chi connectivity index (χ2n) is 4.34. The molecule has 0 radical (unpaired) electrons. The number of carbonyl (C=O) groups is 1. The fourth-order valence-corrected chi connectivity index (χ4v) is 2.56. The van der Waals surface area contributed by atoms with Gasteiger partial charge in [-0.05, 0) is 31.8 Å². The predicted octanol–water partition coefficient (Wildman–Crippen LogP) is 0.145. The van der Waals surface area contributed by atoms with Gasteiger partial charge in [-0.1, -0.05) is 0 Å². The number of nitrogens with one attached hydrogen (secondary N) is 1. The highest BCUT2D eigenvalue weighted by atomic mass is 16.4. The average Bonchev–Trinajstić information content (AvgIpc) is 2.19. The maximum atomic E-state index is 10.4. The summed E-state index contributed by atoms with van der Waals surface area (Å²) in [4.78, 5) is 12.8. The lowest BCUT2D eigenvalue weighted by molar-refractivity contribution is -0.136. The zero-order chi connectivity index (χ0) is 9.97. The molecule has 0 aromatic carbocycles. The highest BCUT2D eigenvalue weighted by Crippen LogP contribution is 2.27. The Kier molecular flexibility index (Phi) is 3.03. The minimum Gasteiger partial charge on any atom is -0.481 e. The first kappa shape index (κ1) is 9.93. The number of carboxylic acids is 1. The molecule has 3 rings (SSSR count). The SMILES string of the molecule is O=C(O)CCNC1CN2CCC1CC2. The summed E-state index contributed by atoms with van der Waals surface area (Å²) in [5.41, 5.74) is 0. The maximum Gasteiger partial charge on any atom is 0.304 e. The Balaban J connectivity index is 1.73. The zero-order valence-electron chi connectivity index (χ0n) is 8.41. The van der Waals surface area contributed by atoms with Gasteiger partial charge in [-0.3, -0.25) is 4.79 Å². The topological polar surface area (TPSA) is 52.6 Å². The molecule has 0 aromatic heterocycles. The lowest BCUT2D eigenvalue weighted by atomic mass is 9.84. The second-order valence-corrected chi connectivity index (χ2v) is 4.34. The predicted molar refractivity (Wildman–Crippen MR) is 53.2 cm³/mol. The summed E-state index contributed by atoms with van der Waals surface area (Å²) in [6.07, 6.45) is 2.80. The highest BCUT2D eigenvalue weighted by molar-refractivity contribution is 5.66. The van der Waals surface area contributed by atoms with Gasteiger partial charge in [0.2, 0.25) is 0 Å². The van der Waals surface area contributed by atoms with Crippen molar-refractivity contribution in [1.82, 2.24) is 10.2 Å². The van der Waals surface area contributed by atoms with E-state index in [0.717, 1.165) is 12.5 Å². The van der Waals surface area contributed by atoms with E-state index < -0.39 is 5.97 Å². The molecule has 0 aliphatic carbocycles. The third kappa shape index (κ3) is 2.25. The van der Waals surface area contributed by atoms with Gasteiger partial charge in [-0.15, -0.1) is 0 Å². The first-order chi connectivity index (χ1) is 6.75. The van der Waals surface area contributed by atoms with Crippen LogP contribution in [0.5, 0.6) is 0 Å². The molecule has 0 spiro atoms. The smallest absolute Gasteiger partial charge is 0.304 e. The summed E-state index contributed by atoms with van der Waals surface area (Å²) in [6, 6.07) is 0.539. The lowest BCUT2D eigenvalue weighted by Gasteiger charge is -2.45. The van der Waals surface area contributed by atoms with Gasteiger partial charge >= 0.3 is 5.97 Å². The van der Waals surface area contributed by atoms with E-state index in [1.807, 2.05) is 0 Å². The van der Waals surface area contributed by atoms with E-state index in [4.69, 9.17) is 5.11 Å². The van der Waals surface area contributed by atoms with E-state index in [1.54, 1.807) is 0 Å². The highest BCUT2D eigenvalue weighted by Gasteiger charge is 2.33. The summed E-state index contributed by atoms with van der Waals surface area (Å²) in [5.74, 6) is 0.0765. The molecular formula is C10H18N2O2. The van der Waals surface area contributed by atoms with Crippen molar-refractivity contribution in [2.24, 2.45) is 5.92 Å². The summed E-state index contributed by atoms with van der Waals surface area (Å²) in [7, 11) is 0. The summed E-state index contributed by atoms with van der Waals surface area (Å²) in [6.45, 7) is 4.21. The Morgan fingerprint density at radius 2 is 2.14 bits per heavy atom. The van der Waals surface area contributed by atoms with Gasteiger partial charge in [0.1, 0.15) is 0 Å². The van der Waals surface area contributed by atoms with Crippen molar-refractivity contribution in [1.29, 1.82) is 0 Å². The van der Waals surface area contributed by atoms with Crippen LogP contribution in [0.4, 0.5) is 0 Å². The number of rotatable bonds is 4. The molecule has 4 nitrogen and oxygen atoms in total. The number of aliphatic carboxylic acids is 1. The number of nitrogens with zero attached hydrogens (tertiary/aromatic N) is 1. The summed E-state index contributed by atoms with van der Waals surface area (Å²) < 4.78 is 0. The van der Waals surface area contributed by atoms with Gasteiger partial charge in [0.05, 0.1) is 6.42 Å². The molecule has 80 valence electrons. The van der Waals surface area contributed by atoms with Crippen molar-refractivity contribution in [3.8, 4) is 0 Å². The van der Waals surface area contributed by atoms with E-state index in [2.05, 4.69) is 10.2 Å². The molecule has 2 bridgehead atoms. The van der Waals surface area contributed by atoms with Crippen LogP contribution in [0.1, 0.15) is 19.3 Å². The Morgan fingerprint density at radius 3 is 2.64 bits per heavy atom. The molecule has 3 fully saturated rings. The molecule has 3 aliphatic heterocycles. The van der Waals surface area contributed by atoms with Crippen LogP contribution in [-0.4, -0.2) is 48.2 Å². The van der Waals surface area contributed by atoms with Crippen LogP contribution in [-0.2, 0) is 4.79 Å². The van der Waals surface area contributed by atoms with Crippen molar-refractivity contribution >= 4 is 5.97 Å². The molecule has 3 heterocycles. The average molecular weight is 198 g/mol. The number of hydrogen-bond donors (Lipinski definition) is 2. The van der Waals surface area contributed by atoms with Gasteiger partial charge < -0.3 is 15.3 Å². The van der Waals surface area contributed by atoms with E-state index >= 15 is 0 Å². The van der Waals surface area contributed by atoms with Gasteiger partial charge in [-0.25, -0.2) is 0 Å². The van der Waals surface area contributed by atoms with Crippen molar-refractivity contribution in [2.45, 2.75) is 25.3 Å². The summed E-state index contributed by atoms with van der Waals surface area (Å²) in [5, 5.41) is 11.9. The van der Waals surface area contributed by atoms with Crippen LogP contribution in [0.2, 0.25) is 0 Å². The van der Waals surface area contributed by atoms with Crippen LogP contribution in [0, 0.1) is 5.92 Å². The van der Waals surface area contributed by atoms with E-state index in [0.29, 0.717) is 12.6 Å². The number of carboxylic acid groups (broad SMARTS) is 1. The van der Waals surface area contributed by atoms with E-state index in [1.165, 1.54) is 25.9 Å². The van der Waals surface area contributed by atoms with Gasteiger partial charge in [-0.2, -0.15) is 0 Å². The molecule has 0 amide bonds. The lowest BCUT2D eigenvalue weighted by Crippen LogP contribution is -2.56. The third-order valence-electron chi connectivity index (χ3n) is 3.40. The number of fused-ring (bicyclic) bond motifs is 3. The normalized spacial score (nSPS) is 35.9. The molecule has 14 heavy (non-hydrogen) atoms. The van der Waals surface area contributed by atoms with Crippen molar-refractivity contribution < 1.29 is 9.90 Å². The molecule has 0 aromatic rings. The van der Waals surface area contributed by atoms with Crippen LogP contribution < -0.4 is 5.32 Å². The largest absolute Gasteiger partial charge is 0.481 e. The minimum atomic E-state index is -0.709. The Morgan fingerprint density at radius 1 is 1.43 bits per heavy atom. The number of piperidine rings is 3. The monoisotopic (exact) mass is 198 g/mol. The molecular weight excluding hydrogens is 180 g/mol. The standard InChI is InChI=1S/C10H18N2O2/c13-10(14)1-4-11-9-7-12-5-2-8(9)3-6-12/h8-9,11H,1-7H2,(H,13,14). The Hall–Kier alpha value is -0.610. The van der Waals surface area contributed by atoms with E-state index in [-0.39, 0.29) is 6.42 Å². The quantitative estimate of drug-likeness (QED) is 0.675. The van der Waals surface area contributed by atoms with E-state index in [9.17, 15) is 4.79 Å². The first-order valence-corrected chi connectivity index (χ1v) is 5.43. The Bertz CT molecular complexity index is 212. The molecule has 3 aliphatic rings. The third-order valence-corrected chi connectivity index (χ3v) is 3.40. The van der Waals surface area contributed by atoms with Crippen LogP contribution in [0.3, 0.4) is 0 Å². The molecule has 1 unspecified atom stereocenters. The van der Waals surface area contributed by atoms with Crippen molar-refractivity contribution in [3.63, 3.8) is 0 Å². The Labute approximate surface area is 84.3 Å². The van der Waals surface area contributed by atoms with Crippen LogP contribution in [0.25, 0.3) is 0 Å². The first-order valence-electron chi connectivity index (χ1n) is 5.43. The molecule has 4 heteroatoms.